The van der Waals surface area contributed by atoms with E-state index in [0.29, 0.717) is 5.02 Å². The maximum Gasteiger partial charge on any atom is 0.338 e. The Morgan fingerprint density at radius 3 is 2.63 bits per heavy atom. The zero-order chi connectivity index (χ0) is 14.6. The van der Waals surface area contributed by atoms with Crippen molar-refractivity contribution in [2.45, 2.75) is 25.5 Å². The molecule has 1 aromatic rings. The van der Waals surface area contributed by atoms with Crippen LogP contribution in [0.3, 0.4) is 0 Å². The molecule has 2 unspecified atom stereocenters. The van der Waals surface area contributed by atoms with E-state index in [1.807, 2.05) is 43.1 Å². The number of methoxy groups -OCH3 is 1. The molecule has 106 valence electrons. The summed E-state index contributed by atoms with van der Waals surface area (Å²) in [5.41, 5.74) is -0.591. The minimum atomic E-state index is -1.54. The third-order valence-corrected chi connectivity index (χ3v) is 3.54. The molecule has 1 rings (SSSR count). The number of hydrogen-bond acceptors (Lipinski definition) is 4. The number of aliphatic hydroxyl groups is 1. The second kappa shape index (κ2) is 6.37. The average Bonchev–Trinajstić information content (AvgIpc) is 2.36. The van der Waals surface area contributed by atoms with Crippen LogP contribution in [0, 0.1) is 0 Å². The summed E-state index contributed by atoms with van der Waals surface area (Å²) in [6.45, 7) is 3.56. The van der Waals surface area contributed by atoms with Crippen LogP contribution in [0.5, 0.6) is 0 Å². The highest BCUT2D eigenvalue weighted by Gasteiger charge is 2.34. The van der Waals surface area contributed by atoms with Gasteiger partial charge in [-0.1, -0.05) is 29.8 Å². The van der Waals surface area contributed by atoms with E-state index in [1.54, 1.807) is 0 Å². The topological polar surface area (TPSA) is 49.8 Å². The van der Waals surface area contributed by atoms with Crippen molar-refractivity contribution in [3.8, 4) is 0 Å². The van der Waals surface area contributed by atoms with E-state index < -0.39 is 11.6 Å². The van der Waals surface area contributed by atoms with Crippen molar-refractivity contribution in [3.05, 3.63) is 34.9 Å². The van der Waals surface area contributed by atoms with Crippen molar-refractivity contribution in [2.75, 3.05) is 20.7 Å². The molecule has 0 aromatic heterocycles. The van der Waals surface area contributed by atoms with Gasteiger partial charge in [-0.25, -0.2) is 4.79 Å². The number of carbonyl (C=O) groups is 1. The van der Waals surface area contributed by atoms with Gasteiger partial charge in [0.2, 0.25) is 0 Å². The summed E-state index contributed by atoms with van der Waals surface area (Å²) in [7, 11) is 3.08. The minimum Gasteiger partial charge on any atom is -0.467 e. The predicted octanol–water partition coefficient (Wildman–Crippen LogP) is 2.26. The molecule has 19 heavy (non-hydrogen) atoms. The Hall–Kier alpha value is -1.10. The molecule has 0 spiro atoms. The Labute approximate surface area is 118 Å². The van der Waals surface area contributed by atoms with Crippen LogP contribution in [0.1, 0.15) is 25.5 Å². The molecule has 1 aromatic carbocycles. The molecule has 0 radical (unpaired) electrons. The van der Waals surface area contributed by atoms with Gasteiger partial charge < -0.3 is 9.84 Å². The lowest BCUT2D eigenvalue weighted by molar-refractivity contribution is -0.162. The van der Waals surface area contributed by atoms with E-state index in [4.69, 9.17) is 11.6 Å². The molecule has 4 nitrogen and oxygen atoms in total. The number of rotatable bonds is 5. The largest absolute Gasteiger partial charge is 0.467 e. The summed E-state index contributed by atoms with van der Waals surface area (Å²) in [4.78, 5) is 13.3. The van der Waals surface area contributed by atoms with E-state index in [-0.39, 0.29) is 12.6 Å². The molecule has 0 aliphatic rings. The van der Waals surface area contributed by atoms with Crippen molar-refractivity contribution < 1.29 is 14.6 Å². The number of hydrogen-bond donors (Lipinski definition) is 1. The quantitative estimate of drug-likeness (QED) is 0.843. The molecule has 0 aliphatic carbocycles. The molecule has 0 saturated heterocycles. The summed E-state index contributed by atoms with van der Waals surface area (Å²) >= 11 is 6.14. The third-order valence-electron chi connectivity index (χ3n) is 3.20. The molecule has 0 fully saturated rings. The molecule has 0 amide bonds. The fourth-order valence-corrected chi connectivity index (χ4v) is 2.25. The number of benzene rings is 1. The first-order chi connectivity index (χ1) is 8.79. The van der Waals surface area contributed by atoms with Crippen LogP contribution >= 0.6 is 11.6 Å². The maximum atomic E-state index is 11.5. The van der Waals surface area contributed by atoms with Crippen LogP contribution in [0.15, 0.2) is 24.3 Å². The fraction of sp³-hybridized carbons (Fsp3) is 0.500. The summed E-state index contributed by atoms with van der Waals surface area (Å²) < 4.78 is 4.58. The monoisotopic (exact) mass is 285 g/mol. The van der Waals surface area contributed by atoms with Gasteiger partial charge in [0.25, 0.3) is 0 Å². The number of ether oxygens (including phenoxy) is 1. The minimum absolute atomic E-state index is 0.0233. The SMILES string of the molecule is COC(=O)C(C)(O)CN(C)C(C)c1ccccc1Cl. The zero-order valence-corrected chi connectivity index (χ0v) is 12.4. The number of halogens is 1. The van der Waals surface area contributed by atoms with Gasteiger partial charge in [0.05, 0.1) is 7.11 Å². The van der Waals surface area contributed by atoms with Gasteiger partial charge in [0.1, 0.15) is 0 Å². The normalized spacial score (nSPS) is 15.9. The third kappa shape index (κ3) is 3.93. The predicted molar refractivity (Wildman–Crippen MR) is 75.1 cm³/mol. The molecule has 5 heteroatoms. The van der Waals surface area contributed by atoms with Crippen LogP contribution in [0.4, 0.5) is 0 Å². The summed E-state index contributed by atoms with van der Waals surface area (Å²) in [6.07, 6.45) is 0. The standard InChI is InChI=1S/C14H20ClNO3/c1-10(11-7-5-6-8-12(11)15)16(3)9-14(2,18)13(17)19-4/h5-8,10,18H,9H2,1-4H3. The lowest BCUT2D eigenvalue weighted by atomic mass is 10.0. The molecule has 2 atom stereocenters. The summed E-state index contributed by atoms with van der Waals surface area (Å²) in [6, 6.07) is 7.49. The molecule has 0 bridgehead atoms. The van der Waals surface area contributed by atoms with E-state index in [9.17, 15) is 9.90 Å². The molecule has 0 saturated carbocycles. The van der Waals surface area contributed by atoms with Gasteiger partial charge in [-0.2, -0.15) is 0 Å². The smallest absolute Gasteiger partial charge is 0.338 e. The van der Waals surface area contributed by atoms with Crippen molar-refractivity contribution in [3.63, 3.8) is 0 Å². The Kier molecular flexibility index (Phi) is 5.35. The zero-order valence-electron chi connectivity index (χ0n) is 11.7. The number of nitrogens with zero attached hydrogens (tertiary/aromatic N) is 1. The van der Waals surface area contributed by atoms with Crippen molar-refractivity contribution in [1.29, 1.82) is 0 Å². The molecule has 1 N–H and O–H groups in total. The van der Waals surface area contributed by atoms with Gasteiger partial charge in [0, 0.05) is 17.6 Å². The highest BCUT2D eigenvalue weighted by atomic mass is 35.5. The van der Waals surface area contributed by atoms with Gasteiger partial charge >= 0.3 is 5.97 Å². The number of likely N-dealkylation sites (N-methyl/N-ethyl adjacent to an activating group) is 1. The van der Waals surface area contributed by atoms with Gasteiger partial charge in [-0.15, -0.1) is 0 Å². The van der Waals surface area contributed by atoms with Crippen LogP contribution in [-0.2, 0) is 9.53 Å². The van der Waals surface area contributed by atoms with Gasteiger partial charge in [0.15, 0.2) is 5.60 Å². The first-order valence-electron chi connectivity index (χ1n) is 6.05. The summed E-state index contributed by atoms with van der Waals surface area (Å²) in [5.74, 6) is -0.647. The summed E-state index contributed by atoms with van der Waals surface area (Å²) in [5, 5.41) is 10.7. The van der Waals surface area contributed by atoms with Crippen LogP contribution in [0.2, 0.25) is 5.02 Å². The Morgan fingerprint density at radius 1 is 1.53 bits per heavy atom. The molecular weight excluding hydrogens is 266 g/mol. The first-order valence-corrected chi connectivity index (χ1v) is 6.43. The molecular formula is C14H20ClNO3. The van der Waals surface area contributed by atoms with Crippen LogP contribution in [-0.4, -0.2) is 42.3 Å². The van der Waals surface area contributed by atoms with Gasteiger partial charge in [-0.3, -0.25) is 4.90 Å². The highest BCUT2D eigenvalue weighted by molar-refractivity contribution is 6.31. The second-order valence-corrected chi connectivity index (χ2v) is 5.29. The number of carbonyl (C=O) groups excluding carboxylic acids is 1. The second-order valence-electron chi connectivity index (χ2n) is 4.88. The van der Waals surface area contributed by atoms with E-state index in [0.717, 1.165) is 5.56 Å². The highest BCUT2D eigenvalue weighted by Crippen LogP contribution is 2.27. The Balaban J connectivity index is 2.81. The lowest BCUT2D eigenvalue weighted by Gasteiger charge is -2.31. The van der Waals surface area contributed by atoms with E-state index >= 15 is 0 Å². The van der Waals surface area contributed by atoms with Crippen LogP contribution < -0.4 is 0 Å². The average molecular weight is 286 g/mol. The Morgan fingerprint density at radius 2 is 2.11 bits per heavy atom. The molecule has 0 heterocycles. The first kappa shape index (κ1) is 16.0. The van der Waals surface area contributed by atoms with Crippen molar-refractivity contribution >= 4 is 17.6 Å². The maximum absolute atomic E-state index is 11.5. The van der Waals surface area contributed by atoms with Crippen molar-refractivity contribution in [1.82, 2.24) is 4.90 Å². The lowest BCUT2D eigenvalue weighted by Crippen LogP contribution is -2.46. The van der Waals surface area contributed by atoms with Gasteiger partial charge in [-0.05, 0) is 32.5 Å². The van der Waals surface area contributed by atoms with Crippen molar-refractivity contribution in [2.24, 2.45) is 0 Å². The molecule has 0 aliphatic heterocycles. The van der Waals surface area contributed by atoms with E-state index in [1.165, 1.54) is 14.0 Å². The van der Waals surface area contributed by atoms with E-state index in [2.05, 4.69) is 4.74 Å². The van der Waals surface area contributed by atoms with Crippen LogP contribution in [0.25, 0.3) is 0 Å². The Bertz CT molecular complexity index is 448. The fourth-order valence-electron chi connectivity index (χ4n) is 1.96. The number of esters is 1.